The third-order valence-electron chi connectivity index (χ3n) is 3.62. The Kier molecular flexibility index (Phi) is 7.03. The number of ether oxygens (including phenoxy) is 2. The average Bonchev–Trinajstić information content (AvgIpc) is 2.61. The molecule has 2 rings (SSSR count). The summed E-state index contributed by atoms with van der Waals surface area (Å²) in [6.07, 6.45) is 0. The van der Waals surface area contributed by atoms with Gasteiger partial charge in [0, 0.05) is 10.2 Å². The first-order chi connectivity index (χ1) is 12.4. The molecule has 0 atom stereocenters. The Balaban J connectivity index is 1.90. The molecule has 138 valence electrons. The third kappa shape index (κ3) is 5.77. The highest BCUT2D eigenvalue weighted by molar-refractivity contribution is 9.10. The van der Waals surface area contributed by atoms with Crippen LogP contribution in [0.5, 0.6) is 5.75 Å². The van der Waals surface area contributed by atoms with Crippen molar-refractivity contribution in [1.29, 1.82) is 0 Å². The van der Waals surface area contributed by atoms with Gasteiger partial charge in [-0.2, -0.15) is 0 Å². The third-order valence-corrected chi connectivity index (χ3v) is 4.28. The van der Waals surface area contributed by atoms with E-state index in [1.54, 1.807) is 18.2 Å². The predicted octanol–water partition coefficient (Wildman–Crippen LogP) is 3.67. The molecule has 0 heterocycles. The van der Waals surface area contributed by atoms with Crippen LogP contribution in [0.2, 0.25) is 0 Å². The molecule has 2 N–H and O–H groups in total. The van der Waals surface area contributed by atoms with Crippen molar-refractivity contribution in [2.75, 3.05) is 30.9 Å². The molecule has 0 spiro atoms. The molecule has 0 bridgehead atoms. The van der Waals surface area contributed by atoms with E-state index < -0.39 is 5.97 Å². The number of carbonyl (C=O) groups is 2. The number of esters is 1. The van der Waals surface area contributed by atoms with E-state index in [4.69, 9.17) is 4.74 Å². The molecule has 0 radical (unpaired) electrons. The number of carbonyl (C=O) groups excluding carboxylic acids is 2. The minimum atomic E-state index is -0.441. The van der Waals surface area contributed by atoms with Gasteiger partial charge >= 0.3 is 5.97 Å². The molecule has 0 saturated carbocycles. The van der Waals surface area contributed by atoms with Crippen LogP contribution < -0.4 is 15.4 Å². The van der Waals surface area contributed by atoms with E-state index in [1.165, 1.54) is 7.11 Å². The maximum absolute atomic E-state index is 12.1. The van der Waals surface area contributed by atoms with Crippen molar-refractivity contribution in [2.45, 2.75) is 13.8 Å². The van der Waals surface area contributed by atoms with Crippen molar-refractivity contribution in [3.63, 3.8) is 0 Å². The summed E-state index contributed by atoms with van der Waals surface area (Å²) in [5.74, 6) is -0.0322. The number of halogens is 1. The maximum Gasteiger partial charge on any atom is 0.343 e. The summed E-state index contributed by atoms with van der Waals surface area (Å²) in [6.45, 7) is 3.86. The van der Waals surface area contributed by atoms with Crippen LogP contribution in [0.15, 0.2) is 40.9 Å². The molecule has 2 aromatic carbocycles. The van der Waals surface area contributed by atoms with Crippen LogP contribution >= 0.6 is 15.9 Å². The Morgan fingerprint density at radius 3 is 2.46 bits per heavy atom. The summed E-state index contributed by atoms with van der Waals surface area (Å²) in [7, 11) is 1.31. The number of anilines is 2. The molecule has 6 nitrogen and oxygen atoms in total. The Labute approximate surface area is 161 Å². The van der Waals surface area contributed by atoms with E-state index in [0.29, 0.717) is 5.75 Å². The molecule has 0 aliphatic rings. The number of benzene rings is 2. The van der Waals surface area contributed by atoms with Gasteiger partial charge in [0.1, 0.15) is 5.75 Å². The van der Waals surface area contributed by atoms with Gasteiger partial charge in [-0.3, -0.25) is 4.79 Å². The predicted molar refractivity (Wildman–Crippen MR) is 105 cm³/mol. The number of nitrogens with one attached hydrogen (secondary N) is 2. The van der Waals surface area contributed by atoms with Crippen LogP contribution in [-0.2, 0) is 14.3 Å². The standard InChI is InChI=1S/C19H21BrN2O4/c1-12-4-6-17(15(20)8-12)22-18(23)10-21-16-7-5-14(9-13(16)2)26-11-19(24)25-3/h4-9,21H,10-11H2,1-3H3,(H,22,23). The maximum atomic E-state index is 12.1. The van der Waals surface area contributed by atoms with Crippen molar-refractivity contribution in [2.24, 2.45) is 0 Å². The average molecular weight is 421 g/mol. The fraction of sp³-hybridized carbons (Fsp3) is 0.263. The molecule has 0 aliphatic heterocycles. The zero-order valence-corrected chi connectivity index (χ0v) is 16.5. The Bertz CT molecular complexity index is 808. The van der Waals surface area contributed by atoms with Gasteiger partial charge in [-0.05, 0) is 71.2 Å². The van der Waals surface area contributed by atoms with Crippen LogP contribution in [0.1, 0.15) is 11.1 Å². The van der Waals surface area contributed by atoms with Gasteiger partial charge < -0.3 is 20.1 Å². The molecule has 0 fully saturated rings. The number of hydrogen-bond acceptors (Lipinski definition) is 5. The minimum Gasteiger partial charge on any atom is -0.482 e. The zero-order valence-electron chi connectivity index (χ0n) is 14.9. The van der Waals surface area contributed by atoms with Crippen LogP contribution in [0.25, 0.3) is 0 Å². The Morgan fingerprint density at radius 2 is 1.81 bits per heavy atom. The van der Waals surface area contributed by atoms with E-state index in [9.17, 15) is 9.59 Å². The largest absolute Gasteiger partial charge is 0.482 e. The van der Waals surface area contributed by atoms with Gasteiger partial charge in [0.15, 0.2) is 6.61 Å². The lowest BCUT2D eigenvalue weighted by molar-refractivity contribution is -0.142. The van der Waals surface area contributed by atoms with Crippen LogP contribution in [0.4, 0.5) is 11.4 Å². The van der Waals surface area contributed by atoms with Gasteiger partial charge in [-0.15, -0.1) is 0 Å². The summed E-state index contributed by atoms with van der Waals surface area (Å²) in [4.78, 5) is 23.2. The van der Waals surface area contributed by atoms with E-state index >= 15 is 0 Å². The Morgan fingerprint density at radius 1 is 1.08 bits per heavy atom. The summed E-state index contributed by atoms with van der Waals surface area (Å²) >= 11 is 3.44. The second kappa shape index (κ2) is 9.24. The fourth-order valence-electron chi connectivity index (χ4n) is 2.22. The number of rotatable bonds is 7. The van der Waals surface area contributed by atoms with Gasteiger partial charge in [-0.1, -0.05) is 6.07 Å². The monoisotopic (exact) mass is 420 g/mol. The molecule has 2 aromatic rings. The van der Waals surface area contributed by atoms with Crippen molar-refractivity contribution >= 4 is 39.2 Å². The summed E-state index contributed by atoms with van der Waals surface area (Å²) in [5.41, 5.74) is 3.55. The van der Waals surface area contributed by atoms with Crippen LogP contribution in [0, 0.1) is 13.8 Å². The molecule has 0 unspecified atom stereocenters. The topological polar surface area (TPSA) is 76.7 Å². The smallest absolute Gasteiger partial charge is 0.343 e. The molecule has 0 saturated heterocycles. The molecular formula is C19H21BrN2O4. The molecule has 0 aromatic heterocycles. The number of methoxy groups -OCH3 is 1. The zero-order chi connectivity index (χ0) is 19.1. The van der Waals surface area contributed by atoms with Crippen LogP contribution in [-0.4, -0.2) is 32.1 Å². The second-order valence-corrected chi connectivity index (χ2v) is 6.58. The van der Waals surface area contributed by atoms with Crippen molar-refractivity contribution < 1.29 is 19.1 Å². The lowest BCUT2D eigenvalue weighted by Gasteiger charge is -2.12. The SMILES string of the molecule is COC(=O)COc1ccc(NCC(=O)Nc2ccc(C)cc2Br)c(C)c1. The normalized spacial score (nSPS) is 10.2. The molecule has 0 aliphatic carbocycles. The summed E-state index contributed by atoms with van der Waals surface area (Å²) < 4.78 is 10.7. The molecule has 1 amide bonds. The van der Waals surface area contributed by atoms with Crippen molar-refractivity contribution in [3.05, 3.63) is 52.0 Å². The quantitative estimate of drug-likeness (QED) is 0.668. The highest BCUT2D eigenvalue weighted by atomic mass is 79.9. The van der Waals surface area contributed by atoms with Crippen molar-refractivity contribution in [1.82, 2.24) is 0 Å². The van der Waals surface area contributed by atoms with E-state index in [-0.39, 0.29) is 19.1 Å². The highest BCUT2D eigenvalue weighted by Crippen LogP contribution is 2.24. The first-order valence-electron chi connectivity index (χ1n) is 7.99. The molecule has 26 heavy (non-hydrogen) atoms. The second-order valence-electron chi connectivity index (χ2n) is 5.73. The first kappa shape index (κ1) is 19.8. The van der Waals surface area contributed by atoms with Crippen molar-refractivity contribution in [3.8, 4) is 5.75 Å². The van der Waals surface area contributed by atoms with E-state index in [1.807, 2.05) is 32.0 Å². The molecular weight excluding hydrogens is 400 g/mol. The fourth-order valence-corrected chi connectivity index (χ4v) is 2.81. The van der Waals surface area contributed by atoms with Gasteiger partial charge in [0.25, 0.3) is 0 Å². The summed E-state index contributed by atoms with van der Waals surface area (Å²) in [5, 5.41) is 5.95. The van der Waals surface area contributed by atoms with Gasteiger partial charge in [0.05, 0.1) is 19.3 Å². The summed E-state index contributed by atoms with van der Waals surface area (Å²) in [6, 6.07) is 11.1. The van der Waals surface area contributed by atoms with E-state index in [0.717, 1.165) is 27.0 Å². The Hall–Kier alpha value is -2.54. The first-order valence-corrected chi connectivity index (χ1v) is 8.78. The number of hydrogen-bond donors (Lipinski definition) is 2. The lowest BCUT2D eigenvalue weighted by Crippen LogP contribution is -2.22. The van der Waals surface area contributed by atoms with Gasteiger partial charge in [0.2, 0.25) is 5.91 Å². The van der Waals surface area contributed by atoms with Crippen LogP contribution in [0.3, 0.4) is 0 Å². The van der Waals surface area contributed by atoms with Gasteiger partial charge in [-0.25, -0.2) is 4.79 Å². The highest BCUT2D eigenvalue weighted by Gasteiger charge is 2.08. The number of amides is 1. The number of aryl methyl sites for hydroxylation is 2. The van der Waals surface area contributed by atoms with E-state index in [2.05, 4.69) is 31.3 Å². The minimum absolute atomic E-state index is 0.128. The molecule has 7 heteroatoms. The lowest BCUT2D eigenvalue weighted by atomic mass is 10.2.